The Labute approximate surface area is 124 Å². The average Bonchev–Trinajstić information content (AvgIpc) is 2.91. The fourth-order valence-corrected chi connectivity index (χ4v) is 2.30. The van der Waals surface area contributed by atoms with Crippen LogP contribution >= 0.6 is 0 Å². The lowest BCUT2D eigenvalue weighted by Gasteiger charge is -2.20. The van der Waals surface area contributed by atoms with E-state index in [1.807, 2.05) is 36.4 Å². The molecule has 3 rings (SSSR count). The maximum Gasteiger partial charge on any atom is 0.302 e. The number of unbranched alkanes of at least 4 members (excludes halogenated alkanes) is 1. The predicted molar refractivity (Wildman–Crippen MR) is 86.8 cm³/mol. The Balaban J connectivity index is 2.01. The van der Waals surface area contributed by atoms with Gasteiger partial charge in [-0.25, -0.2) is 0 Å². The Bertz CT molecular complexity index is 721. The van der Waals surface area contributed by atoms with Crippen molar-refractivity contribution in [3.63, 3.8) is 0 Å². The van der Waals surface area contributed by atoms with E-state index >= 15 is 0 Å². The lowest BCUT2D eigenvalue weighted by molar-refractivity contribution is 0.586. The van der Waals surface area contributed by atoms with Crippen LogP contribution in [0.3, 0.4) is 0 Å². The number of nitrogens with two attached hydrogens (primary N) is 1. The largest absolute Gasteiger partial charge is 0.423 e. The molecule has 1 aromatic heterocycles. The van der Waals surface area contributed by atoms with Crippen LogP contribution in [0.25, 0.3) is 11.1 Å². The molecule has 0 saturated carbocycles. The van der Waals surface area contributed by atoms with Crippen LogP contribution in [0.15, 0.2) is 52.9 Å². The summed E-state index contributed by atoms with van der Waals surface area (Å²) in [6.45, 7) is 3.05. The van der Waals surface area contributed by atoms with Gasteiger partial charge in [0.2, 0.25) is 0 Å². The van der Waals surface area contributed by atoms with Crippen molar-refractivity contribution in [2.24, 2.45) is 0 Å². The molecule has 4 nitrogen and oxygen atoms in total. The number of hydrogen-bond acceptors (Lipinski definition) is 4. The molecule has 0 aliphatic carbocycles. The van der Waals surface area contributed by atoms with Gasteiger partial charge in [0.15, 0.2) is 5.58 Å². The van der Waals surface area contributed by atoms with E-state index < -0.39 is 0 Å². The minimum atomic E-state index is 0.621. The zero-order valence-corrected chi connectivity index (χ0v) is 12.1. The quantitative estimate of drug-likeness (QED) is 0.706. The number of para-hydroxylation sites is 1. The van der Waals surface area contributed by atoms with E-state index in [1.165, 1.54) is 0 Å². The fraction of sp³-hybridized carbons (Fsp3) is 0.235. The van der Waals surface area contributed by atoms with Gasteiger partial charge in [0.25, 0.3) is 0 Å². The summed E-state index contributed by atoms with van der Waals surface area (Å²) in [7, 11) is 0. The Morgan fingerprint density at radius 2 is 1.95 bits per heavy atom. The minimum absolute atomic E-state index is 0.621. The summed E-state index contributed by atoms with van der Waals surface area (Å²) in [6, 6.07) is 16.4. The van der Waals surface area contributed by atoms with Crippen LogP contribution in [-0.2, 0) is 0 Å². The van der Waals surface area contributed by atoms with E-state index in [-0.39, 0.29) is 0 Å². The highest BCUT2D eigenvalue weighted by molar-refractivity contribution is 5.79. The number of hydrogen-bond donors (Lipinski definition) is 1. The summed E-state index contributed by atoms with van der Waals surface area (Å²) in [5.74, 6) is 0. The number of nitrogens with zero attached hydrogens (tertiary/aromatic N) is 2. The summed E-state index contributed by atoms with van der Waals surface area (Å²) >= 11 is 0. The van der Waals surface area contributed by atoms with Crippen molar-refractivity contribution < 1.29 is 4.42 Å². The van der Waals surface area contributed by atoms with Crippen LogP contribution in [0, 0.1) is 0 Å². The van der Waals surface area contributed by atoms with Crippen LogP contribution < -0.4 is 10.6 Å². The van der Waals surface area contributed by atoms with E-state index in [2.05, 4.69) is 28.9 Å². The molecule has 0 bridgehead atoms. The first-order valence-electron chi connectivity index (χ1n) is 7.26. The Morgan fingerprint density at radius 1 is 1.14 bits per heavy atom. The van der Waals surface area contributed by atoms with Gasteiger partial charge in [-0.15, -0.1) is 0 Å². The molecular weight excluding hydrogens is 262 g/mol. The van der Waals surface area contributed by atoms with Crippen molar-refractivity contribution in [2.45, 2.75) is 19.8 Å². The maximum atomic E-state index is 5.90. The highest BCUT2D eigenvalue weighted by Gasteiger charge is 2.15. The Kier molecular flexibility index (Phi) is 3.77. The average molecular weight is 281 g/mol. The minimum Gasteiger partial charge on any atom is -0.423 e. The van der Waals surface area contributed by atoms with E-state index in [1.54, 1.807) is 0 Å². The smallest absolute Gasteiger partial charge is 0.302 e. The lowest BCUT2D eigenvalue weighted by Crippen LogP contribution is -2.18. The summed E-state index contributed by atoms with van der Waals surface area (Å²) in [5, 5.41) is 0. The molecule has 4 heteroatoms. The van der Waals surface area contributed by atoms with Crippen LogP contribution in [0.4, 0.5) is 17.4 Å². The van der Waals surface area contributed by atoms with E-state index in [4.69, 9.17) is 10.2 Å². The Morgan fingerprint density at radius 3 is 2.71 bits per heavy atom. The molecule has 0 fully saturated rings. The van der Waals surface area contributed by atoms with E-state index in [9.17, 15) is 0 Å². The molecule has 2 aromatic carbocycles. The summed E-state index contributed by atoms with van der Waals surface area (Å²) in [4.78, 5) is 6.70. The molecule has 0 spiro atoms. The van der Waals surface area contributed by atoms with Gasteiger partial charge >= 0.3 is 6.01 Å². The van der Waals surface area contributed by atoms with Crippen molar-refractivity contribution in [3.05, 3.63) is 48.5 Å². The number of aromatic nitrogens is 1. The molecular formula is C17H19N3O. The summed E-state index contributed by atoms with van der Waals surface area (Å²) in [6.07, 6.45) is 2.20. The number of rotatable bonds is 5. The van der Waals surface area contributed by atoms with Gasteiger partial charge < -0.3 is 10.2 Å². The second kappa shape index (κ2) is 5.87. The van der Waals surface area contributed by atoms with E-state index in [0.29, 0.717) is 11.7 Å². The molecule has 2 N–H and O–H groups in total. The van der Waals surface area contributed by atoms with Crippen molar-refractivity contribution in [2.75, 3.05) is 17.2 Å². The van der Waals surface area contributed by atoms with Gasteiger partial charge in [-0.3, -0.25) is 4.90 Å². The SMILES string of the molecule is CCCCN(c1ccccc1)c1nc2ccc(N)cc2o1. The first kappa shape index (κ1) is 13.5. The fourth-order valence-electron chi connectivity index (χ4n) is 2.30. The van der Waals surface area contributed by atoms with Gasteiger partial charge in [-0.1, -0.05) is 31.5 Å². The number of anilines is 3. The van der Waals surface area contributed by atoms with E-state index in [0.717, 1.165) is 36.2 Å². The molecule has 0 saturated heterocycles. The highest BCUT2D eigenvalue weighted by Crippen LogP contribution is 2.29. The maximum absolute atomic E-state index is 5.90. The summed E-state index contributed by atoms with van der Waals surface area (Å²) in [5.41, 5.74) is 9.13. The molecule has 0 aliphatic heterocycles. The van der Waals surface area contributed by atoms with Crippen molar-refractivity contribution >= 4 is 28.5 Å². The third-order valence-corrected chi connectivity index (χ3v) is 3.44. The third kappa shape index (κ3) is 2.84. The van der Waals surface area contributed by atoms with Crippen LogP contribution in [0.2, 0.25) is 0 Å². The number of benzene rings is 2. The zero-order valence-electron chi connectivity index (χ0n) is 12.1. The molecule has 0 amide bonds. The first-order valence-corrected chi connectivity index (χ1v) is 7.26. The first-order chi connectivity index (χ1) is 10.3. The van der Waals surface area contributed by atoms with Gasteiger partial charge in [0.1, 0.15) is 5.52 Å². The van der Waals surface area contributed by atoms with Gasteiger partial charge in [0.05, 0.1) is 0 Å². The molecule has 0 aliphatic rings. The second-order valence-corrected chi connectivity index (χ2v) is 5.06. The van der Waals surface area contributed by atoms with Crippen molar-refractivity contribution in [1.82, 2.24) is 4.98 Å². The molecule has 0 unspecified atom stereocenters. The third-order valence-electron chi connectivity index (χ3n) is 3.44. The lowest BCUT2D eigenvalue weighted by atomic mass is 10.2. The molecule has 1 heterocycles. The molecule has 21 heavy (non-hydrogen) atoms. The van der Waals surface area contributed by atoms with Gasteiger partial charge in [-0.05, 0) is 30.7 Å². The predicted octanol–water partition coefficient (Wildman–Crippen LogP) is 4.35. The normalized spacial score (nSPS) is 10.9. The molecule has 0 radical (unpaired) electrons. The van der Waals surface area contributed by atoms with Gasteiger partial charge in [-0.2, -0.15) is 4.98 Å². The number of nitrogen functional groups attached to an aromatic ring is 1. The Hall–Kier alpha value is -2.49. The standard InChI is InChI=1S/C17H19N3O/c1-2-3-11-20(14-7-5-4-6-8-14)17-19-15-10-9-13(18)12-16(15)21-17/h4-10,12H,2-3,11,18H2,1H3. The number of oxazole rings is 1. The zero-order chi connectivity index (χ0) is 14.7. The van der Waals surface area contributed by atoms with Crippen molar-refractivity contribution in [3.8, 4) is 0 Å². The van der Waals surface area contributed by atoms with Crippen molar-refractivity contribution in [1.29, 1.82) is 0 Å². The van der Waals surface area contributed by atoms with Crippen LogP contribution in [0.1, 0.15) is 19.8 Å². The van der Waals surface area contributed by atoms with Crippen LogP contribution in [-0.4, -0.2) is 11.5 Å². The highest BCUT2D eigenvalue weighted by atomic mass is 16.4. The molecule has 0 atom stereocenters. The monoisotopic (exact) mass is 281 g/mol. The second-order valence-electron chi connectivity index (χ2n) is 5.06. The molecule has 3 aromatic rings. The van der Waals surface area contributed by atoms with Gasteiger partial charge in [0, 0.05) is 24.0 Å². The number of fused-ring (bicyclic) bond motifs is 1. The van der Waals surface area contributed by atoms with Crippen LogP contribution in [0.5, 0.6) is 0 Å². The summed E-state index contributed by atoms with van der Waals surface area (Å²) < 4.78 is 5.90. The topological polar surface area (TPSA) is 55.3 Å². The molecule has 108 valence electrons.